The molecule has 0 aliphatic carbocycles. The zero-order chi connectivity index (χ0) is 15.6. The first-order chi connectivity index (χ1) is 9.93. The van der Waals surface area contributed by atoms with E-state index in [1.165, 1.54) is 0 Å². The lowest BCUT2D eigenvalue weighted by atomic mass is 10.1. The van der Waals surface area contributed by atoms with Crippen molar-refractivity contribution < 1.29 is 4.74 Å². The zero-order valence-corrected chi connectivity index (χ0v) is 13.2. The Labute approximate surface area is 129 Å². The number of benzene rings is 1. The van der Waals surface area contributed by atoms with Crippen molar-refractivity contribution in [3.8, 4) is 5.75 Å². The largest absolute Gasteiger partial charge is 0.496 e. The van der Waals surface area contributed by atoms with Crippen molar-refractivity contribution in [2.45, 2.75) is 20.4 Å². The van der Waals surface area contributed by atoms with E-state index in [1.807, 2.05) is 38.1 Å². The number of methoxy groups -OCH3 is 1. The molecule has 1 aromatic carbocycles. The predicted octanol–water partition coefficient (Wildman–Crippen LogP) is 2.16. The zero-order valence-electron chi connectivity index (χ0n) is 12.3. The molecule has 5 heteroatoms. The summed E-state index contributed by atoms with van der Waals surface area (Å²) in [6.07, 6.45) is 0. The van der Waals surface area contributed by atoms with Crippen molar-refractivity contribution in [2.24, 2.45) is 5.73 Å². The molecule has 21 heavy (non-hydrogen) atoms. The second-order valence-electron chi connectivity index (χ2n) is 4.96. The quantitative estimate of drug-likeness (QED) is 0.879. The topological polar surface area (TPSA) is 57.2 Å². The minimum absolute atomic E-state index is 0.116. The van der Waals surface area contributed by atoms with Gasteiger partial charge in [0, 0.05) is 11.3 Å². The van der Waals surface area contributed by atoms with E-state index in [0.29, 0.717) is 12.1 Å². The maximum Gasteiger partial charge on any atom is 0.261 e. The summed E-state index contributed by atoms with van der Waals surface area (Å²) in [4.78, 5) is 12.6. The van der Waals surface area contributed by atoms with Gasteiger partial charge in [0.2, 0.25) is 0 Å². The molecule has 110 valence electrons. The number of aromatic nitrogens is 1. The Morgan fingerprint density at radius 2 is 2.00 bits per heavy atom. The van der Waals surface area contributed by atoms with E-state index in [4.69, 9.17) is 22.7 Å². The number of aryl methyl sites for hydroxylation is 2. The van der Waals surface area contributed by atoms with Crippen molar-refractivity contribution in [1.82, 2.24) is 4.57 Å². The molecule has 0 radical (unpaired) electrons. The van der Waals surface area contributed by atoms with E-state index >= 15 is 0 Å². The summed E-state index contributed by atoms with van der Waals surface area (Å²) in [7, 11) is 1.62. The fourth-order valence-corrected chi connectivity index (χ4v) is 2.41. The van der Waals surface area contributed by atoms with Gasteiger partial charge in [-0.2, -0.15) is 0 Å². The Balaban J connectivity index is 2.54. The molecule has 0 bridgehead atoms. The molecule has 0 spiro atoms. The van der Waals surface area contributed by atoms with Crippen LogP contribution in [0.15, 0.2) is 35.1 Å². The monoisotopic (exact) mass is 302 g/mol. The highest BCUT2D eigenvalue weighted by atomic mass is 32.1. The Morgan fingerprint density at radius 3 is 2.62 bits per heavy atom. The summed E-state index contributed by atoms with van der Waals surface area (Å²) in [5.74, 6) is 0.757. The smallest absolute Gasteiger partial charge is 0.261 e. The van der Waals surface area contributed by atoms with Crippen molar-refractivity contribution in [3.05, 3.63) is 63.1 Å². The molecule has 2 rings (SSSR count). The molecule has 0 aliphatic heterocycles. The number of rotatable bonds is 4. The number of thiocarbonyl (C=S) groups is 1. The lowest BCUT2D eigenvalue weighted by Crippen LogP contribution is -2.30. The molecule has 1 heterocycles. The predicted molar refractivity (Wildman–Crippen MR) is 88.2 cm³/mol. The Bertz CT molecular complexity index is 750. The highest BCUT2D eigenvalue weighted by Crippen LogP contribution is 2.20. The molecule has 0 fully saturated rings. The van der Waals surface area contributed by atoms with Crippen LogP contribution in [0.25, 0.3) is 0 Å². The van der Waals surface area contributed by atoms with Gasteiger partial charge in [0.1, 0.15) is 10.7 Å². The van der Waals surface area contributed by atoms with Crippen LogP contribution in [0.2, 0.25) is 0 Å². The number of nitrogens with zero attached hydrogens (tertiary/aromatic N) is 1. The summed E-state index contributed by atoms with van der Waals surface area (Å²) >= 11 is 4.93. The minimum Gasteiger partial charge on any atom is -0.496 e. The molecular weight excluding hydrogens is 284 g/mol. The lowest BCUT2D eigenvalue weighted by molar-refractivity contribution is 0.408. The van der Waals surface area contributed by atoms with Gasteiger partial charge in [-0.05, 0) is 32.0 Å². The van der Waals surface area contributed by atoms with Crippen LogP contribution in [0.5, 0.6) is 5.75 Å². The molecule has 4 nitrogen and oxygen atoms in total. The molecule has 1 aromatic heterocycles. The van der Waals surface area contributed by atoms with E-state index in [2.05, 4.69) is 0 Å². The molecule has 0 saturated heterocycles. The average molecular weight is 302 g/mol. The van der Waals surface area contributed by atoms with E-state index in [0.717, 1.165) is 22.6 Å². The number of pyridine rings is 1. The number of ether oxygens (including phenoxy) is 1. The highest BCUT2D eigenvalue weighted by molar-refractivity contribution is 7.80. The molecule has 0 saturated carbocycles. The maximum atomic E-state index is 12.5. The fourth-order valence-electron chi connectivity index (χ4n) is 2.26. The van der Waals surface area contributed by atoms with Crippen LogP contribution in [0.1, 0.15) is 22.4 Å². The molecule has 0 atom stereocenters. The summed E-state index contributed by atoms with van der Waals surface area (Å²) in [5, 5.41) is 0. The standard InChI is InChI=1S/C16H18N2O2S/c1-10-4-7-14(20-3)12(8-10)9-18-11(2)5-6-13(15(17)21)16(18)19/h4-8H,9H2,1-3H3,(H2,17,21). The van der Waals surface area contributed by atoms with Crippen molar-refractivity contribution >= 4 is 17.2 Å². The molecule has 0 aliphatic rings. The van der Waals surface area contributed by atoms with Gasteiger partial charge in [-0.15, -0.1) is 0 Å². The van der Waals surface area contributed by atoms with Gasteiger partial charge < -0.3 is 15.0 Å². The van der Waals surface area contributed by atoms with Gasteiger partial charge >= 0.3 is 0 Å². The Hall–Kier alpha value is -2.14. The third-order valence-electron chi connectivity index (χ3n) is 3.42. The van der Waals surface area contributed by atoms with Gasteiger partial charge in [0.25, 0.3) is 5.56 Å². The normalized spacial score (nSPS) is 10.4. The summed E-state index contributed by atoms with van der Waals surface area (Å²) in [6, 6.07) is 9.41. The number of hydrogen-bond donors (Lipinski definition) is 1. The van der Waals surface area contributed by atoms with Crippen molar-refractivity contribution in [1.29, 1.82) is 0 Å². The van der Waals surface area contributed by atoms with Crippen LogP contribution in [-0.2, 0) is 6.54 Å². The SMILES string of the molecule is COc1ccc(C)cc1Cn1c(C)ccc(C(N)=S)c1=O. The van der Waals surface area contributed by atoms with Gasteiger partial charge in [-0.1, -0.05) is 29.9 Å². The molecule has 0 unspecified atom stereocenters. The Morgan fingerprint density at radius 1 is 1.29 bits per heavy atom. The van der Waals surface area contributed by atoms with E-state index in [-0.39, 0.29) is 10.5 Å². The van der Waals surface area contributed by atoms with E-state index in [9.17, 15) is 4.79 Å². The van der Waals surface area contributed by atoms with Crippen LogP contribution in [-0.4, -0.2) is 16.7 Å². The second-order valence-corrected chi connectivity index (χ2v) is 5.40. The number of nitrogens with two attached hydrogens (primary N) is 1. The maximum absolute atomic E-state index is 12.5. The summed E-state index contributed by atoms with van der Waals surface area (Å²) in [6.45, 7) is 4.31. The van der Waals surface area contributed by atoms with Crippen LogP contribution < -0.4 is 16.0 Å². The summed E-state index contributed by atoms with van der Waals surface area (Å²) < 4.78 is 7.02. The van der Waals surface area contributed by atoms with E-state index < -0.39 is 0 Å². The Kier molecular flexibility index (Phi) is 4.43. The first kappa shape index (κ1) is 15.3. The van der Waals surface area contributed by atoms with Crippen molar-refractivity contribution in [2.75, 3.05) is 7.11 Å². The third-order valence-corrected chi connectivity index (χ3v) is 3.64. The molecule has 0 amide bonds. The molecular formula is C16H18N2O2S. The first-order valence-electron chi connectivity index (χ1n) is 6.58. The third kappa shape index (κ3) is 3.13. The number of hydrogen-bond acceptors (Lipinski definition) is 3. The van der Waals surface area contributed by atoms with Gasteiger partial charge in [0.05, 0.1) is 19.2 Å². The second kappa shape index (κ2) is 6.10. The minimum atomic E-state index is -0.175. The van der Waals surface area contributed by atoms with E-state index in [1.54, 1.807) is 17.7 Å². The first-order valence-corrected chi connectivity index (χ1v) is 6.98. The van der Waals surface area contributed by atoms with Crippen LogP contribution in [0.3, 0.4) is 0 Å². The lowest BCUT2D eigenvalue weighted by Gasteiger charge is -2.14. The van der Waals surface area contributed by atoms with Gasteiger partial charge in [-0.25, -0.2) is 0 Å². The molecule has 2 aromatic rings. The average Bonchev–Trinajstić information content (AvgIpc) is 2.43. The summed E-state index contributed by atoms with van der Waals surface area (Å²) in [5.41, 5.74) is 8.70. The van der Waals surface area contributed by atoms with Crippen LogP contribution in [0.4, 0.5) is 0 Å². The fraction of sp³-hybridized carbons (Fsp3) is 0.250. The highest BCUT2D eigenvalue weighted by Gasteiger charge is 2.11. The van der Waals surface area contributed by atoms with Gasteiger partial charge in [0.15, 0.2) is 0 Å². The molecule has 2 N–H and O–H groups in total. The van der Waals surface area contributed by atoms with Crippen LogP contribution in [0, 0.1) is 13.8 Å². The van der Waals surface area contributed by atoms with Gasteiger partial charge in [-0.3, -0.25) is 4.79 Å². The van der Waals surface area contributed by atoms with Crippen LogP contribution >= 0.6 is 12.2 Å². The van der Waals surface area contributed by atoms with Crippen molar-refractivity contribution in [3.63, 3.8) is 0 Å².